The van der Waals surface area contributed by atoms with Crippen LogP contribution in [-0.2, 0) is 4.74 Å². The van der Waals surface area contributed by atoms with Gasteiger partial charge in [0.25, 0.3) is 5.91 Å². The van der Waals surface area contributed by atoms with Crippen molar-refractivity contribution in [3.05, 3.63) is 17.7 Å². The van der Waals surface area contributed by atoms with Gasteiger partial charge in [0.1, 0.15) is 6.73 Å². The van der Waals surface area contributed by atoms with Crippen LogP contribution in [0.1, 0.15) is 17.3 Å². The summed E-state index contributed by atoms with van der Waals surface area (Å²) in [7, 11) is 0. The number of hydrogen-bond donors (Lipinski definition) is 1. The molecule has 0 aliphatic carbocycles. The molecule has 1 fully saturated rings. The maximum atomic E-state index is 12.3. The number of carbonyl (C=O) groups is 1. The van der Waals surface area contributed by atoms with Crippen LogP contribution >= 0.6 is 0 Å². The molecular weight excluding hydrogens is 236 g/mol. The predicted octanol–water partition coefficient (Wildman–Crippen LogP) is 0.816. The second-order valence-electron chi connectivity index (χ2n) is 4.43. The highest BCUT2D eigenvalue weighted by Gasteiger charge is 2.28. The molecular formula is C12H14N2O4. The molecule has 3 rings (SSSR count). The largest absolute Gasteiger partial charge is 0.454 e. The second-order valence-corrected chi connectivity index (χ2v) is 4.43. The van der Waals surface area contributed by atoms with Gasteiger partial charge in [-0.25, -0.2) is 0 Å². The van der Waals surface area contributed by atoms with Crippen molar-refractivity contribution in [2.24, 2.45) is 0 Å². The molecule has 2 N–H and O–H groups in total. The summed E-state index contributed by atoms with van der Waals surface area (Å²) < 4.78 is 15.8. The molecule has 0 spiro atoms. The Labute approximate surface area is 104 Å². The number of carbonyl (C=O) groups excluding carboxylic acids is 1. The van der Waals surface area contributed by atoms with Gasteiger partial charge in [0.15, 0.2) is 11.5 Å². The van der Waals surface area contributed by atoms with E-state index in [1.165, 1.54) is 0 Å². The van der Waals surface area contributed by atoms with Gasteiger partial charge in [-0.3, -0.25) is 4.79 Å². The van der Waals surface area contributed by atoms with Crippen LogP contribution in [0.5, 0.6) is 11.5 Å². The van der Waals surface area contributed by atoms with E-state index in [1.807, 2.05) is 6.92 Å². The van der Waals surface area contributed by atoms with Gasteiger partial charge in [0.05, 0.1) is 11.7 Å². The highest BCUT2D eigenvalue weighted by molar-refractivity contribution is 6.00. The molecule has 0 aromatic heterocycles. The molecule has 2 aliphatic heterocycles. The molecule has 0 bridgehead atoms. The van der Waals surface area contributed by atoms with Gasteiger partial charge in [-0.2, -0.15) is 0 Å². The molecule has 2 heterocycles. The molecule has 0 unspecified atom stereocenters. The highest BCUT2D eigenvalue weighted by Crippen LogP contribution is 2.36. The van der Waals surface area contributed by atoms with Crippen LogP contribution in [-0.4, -0.2) is 37.0 Å². The summed E-state index contributed by atoms with van der Waals surface area (Å²) in [4.78, 5) is 13.9. The highest BCUT2D eigenvalue weighted by atomic mass is 16.7. The van der Waals surface area contributed by atoms with Gasteiger partial charge in [0.2, 0.25) is 6.79 Å². The minimum Gasteiger partial charge on any atom is -0.454 e. The molecule has 1 aromatic rings. The van der Waals surface area contributed by atoms with E-state index in [-0.39, 0.29) is 18.8 Å². The van der Waals surface area contributed by atoms with Crippen molar-refractivity contribution in [2.75, 3.05) is 25.8 Å². The zero-order chi connectivity index (χ0) is 12.7. The number of rotatable bonds is 1. The van der Waals surface area contributed by atoms with Crippen molar-refractivity contribution >= 4 is 11.6 Å². The van der Waals surface area contributed by atoms with Crippen LogP contribution in [0, 0.1) is 0 Å². The number of nitrogens with two attached hydrogens (primary N) is 1. The van der Waals surface area contributed by atoms with Gasteiger partial charge in [-0.15, -0.1) is 0 Å². The van der Waals surface area contributed by atoms with Crippen LogP contribution in [0.2, 0.25) is 0 Å². The first-order valence-electron chi connectivity index (χ1n) is 5.75. The number of hydrogen-bond acceptors (Lipinski definition) is 5. The minimum atomic E-state index is -0.143. The maximum Gasteiger partial charge on any atom is 0.257 e. The smallest absolute Gasteiger partial charge is 0.257 e. The topological polar surface area (TPSA) is 74.0 Å². The Morgan fingerprint density at radius 1 is 1.39 bits per heavy atom. The lowest BCUT2D eigenvalue weighted by Gasteiger charge is -2.15. The fraction of sp³-hybridized carbons (Fsp3) is 0.417. The summed E-state index contributed by atoms with van der Waals surface area (Å²) in [6.07, 6.45) is 0.0594. The molecule has 0 saturated carbocycles. The van der Waals surface area contributed by atoms with E-state index < -0.39 is 0 Å². The maximum absolute atomic E-state index is 12.3. The molecule has 1 atom stereocenters. The third-order valence-electron chi connectivity index (χ3n) is 3.05. The summed E-state index contributed by atoms with van der Waals surface area (Å²) >= 11 is 0. The van der Waals surface area contributed by atoms with E-state index in [0.717, 1.165) is 0 Å². The van der Waals surface area contributed by atoms with Gasteiger partial charge in [0, 0.05) is 18.3 Å². The van der Waals surface area contributed by atoms with Gasteiger partial charge in [-0.05, 0) is 13.0 Å². The third kappa shape index (κ3) is 1.74. The monoisotopic (exact) mass is 250 g/mol. The summed E-state index contributed by atoms with van der Waals surface area (Å²) in [5.41, 5.74) is 6.69. The predicted molar refractivity (Wildman–Crippen MR) is 63.4 cm³/mol. The number of benzene rings is 1. The Bertz CT molecular complexity index is 503. The van der Waals surface area contributed by atoms with Crippen LogP contribution in [0.15, 0.2) is 12.1 Å². The number of ether oxygens (including phenoxy) is 3. The van der Waals surface area contributed by atoms with Crippen molar-refractivity contribution in [3.63, 3.8) is 0 Å². The van der Waals surface area contributed by atoms with Crippen LogP contribution in [0.3, 0.4) is 0 Å². The number of nitrogen functional groups attached to an aromatic ring is 1. The van der Waals surface area contributed by atoms with E-state index in [4.69, 9.17) is 19.9 Å². The number of amides is 1. The zero-order valence-corrected chi connectivity index (χ0v) is 10.0. The van der Waals surface area contributed by atoms with Crippen molar-refractivity contribution in [3.8, 4) is 11.5 Å². The zero-order valence-electron chi connectivity index (χ0n) is 10.0. The number of nitrogens with zero attached hydrogens (tertiary/aromatic N) is 1. The van der Waals surface area contributed by atoms with Crippen molar-refractivity contribution < 1.29 is 19.0 Å². The van der Waals surface area contributed by atoms with Crippen LogP contribution < -0.4 is 15.2 Å². The first-order valence-corrected chi connectivity index (χ1v) is 5.75. The molecule has 6 heteroatoms. The summed E-state index contributed by atoms with van der Waals surface area (Å²) in [5, 5.41) is 0. The quantitative estimate of drug-likeness (QED) is 0.747. The number of anilines is 1. The standard InChI is InChI=1S/C12H14N2O4/c1-7-4-14(5-16-7)12(15)8-2-10-11(3-9(8)13)18-6-17-10/h2-3,7H,4-6,13H2,1H3/t7-/m1/s1. The Hall–Kier alpha value is -1.95. The molecule has 2 aliphatic rings. The Morgan fingerprint density at radius 2 is 2.11 bits per heavy atom. The molecule has 18 heavy (non-hydrogen) atoms. The van der Waals surface area contributed by atoms with E-state index >= 15 is 0 Å². The van der Waals surface area contributed by atoms with Gasteiger partial charge < -0.3 is 24.8 Å². The van der Waals surface area contributed by atoms with Gasteiger partial charge in [-0.1, -0.05) is 0 Å². The number of fused-ring (bicyclic) bond motifs is 1. The lowest BCUT2D eigenvalue weighted by atomic mass is 10.1. The van der Waals surface area contributed by atoms with Crippen LogP contribution in [0.25, 0.3) is 0 Å². The lowest BCUT2D eigenvalue weighted by Crippen LogP contribution is -2.29. The average molecular weight is 250 g/mol. The summed E-state index contributed by atoms with van der Waals surface area (Å²) in [6.45, 7) is 2.97. The third-order valence-corrected chi connectivity index (χ3v) is 3.05. The summed E-state index contributed by atoms with van der Waals surface area (Å²) in [6, 6.07) is 3.25. The molecule has 6 nitrogen and oxygen atoms in total. The molecule has 0 radical (unpaired) electrons. The fourth-order valence-corrected chi connectivity index (χ4v) is 2.09. The molecule has 96 valence electrons. The molecule has 1 aromatic carbocycles. The average Bonchev–Trinajstić information content (AvgIpc) is 2.95. The minimum absolute atomic E-state index is 0.0594. The van der Waals surface area contributed by atoms with Crippen LogP contribution in [0.4, 0.5) is 5.69 Å². The van der Waals surface area contributed by atoms with E-state index in [2.05, 4.69) is 0 Å². The van der Waals surface area contributed by atoms with E-state index in [9.17, 15) is 4.79 Å². The molecule has 1 saturated heterocycles. The van der Waals surface area contributed by atoms with Crippen molar-refractivity contribution in [1.82, 2.24) is 4.90 Å². The Kier molecular flexibility index (Phi) is 2.52. The first kappa shape index (κ1) is 11.2. The van der Waals surface area contributed by atoms with Gasteiger partial charge >= 0.3 is 0 Å². The normalized spacial score (nSPS) is 21.4. The first-order chi connectivity index (χ1) is 8.65. The second kappa shape index (κ2) is 4.06. The Balaban J connectivity index is 1.90. The molecule has 1 amide bonds. The SMILES string of the molecule is C[C@@H]1CN(C(=O)c2cc3c(cc2N)OCO3)CO1. The summed E-state index contributed by atoms with van der Waals surface area (Å²) in [5.74, 6) is 0.992. The van der Waals surface area contributed by atoms with E-state index in [1.54, 1.807) is 17.0 Å². The lowest BCUT2D eigenvalue weighted by molar-refractivity contribution is 0.0651. The van der Waals surface area contributed by atoms with Crippen molar-refractivity contribution in [2.45, 2.75) is 13.0 Å². The fourth-order valence-electron chi connectivity index (χ4n) is 2.09. The Morgan fingerprint density at radius 3 is 2.78 bits per heavy atom. The van der Waals surface area contributed by atoms with Crippen molar-refractivity contribution in [1.29, 1.82) is 0 Å². The van der Waals surface area contributed by atoms with E-state index in [0.29, 0.717) is 36.0 Å².